The van der Waals surface area contributed by atoms with Crippen molar-refractivity contribution in [1.29, 1.82) is 0 Å². The number of carboxylic acids is 2. The molecule has 78 heavy (non-hydrogen) atoms. The standard InChI is InChI=1S/C50H64N10O16.2Na/c1-27(63)51-43-35(21-39(49(71)72)75-47(43)45(69)37(65)25-61)59-23-33(55-57-59)29-15-11-13-17-31(29)53-41(67)19-9-7-5-3-4-6-8-10-20-42(68)54-32-18-14-12-16-30(32)34-24-60(58-56-34)36-22-40(50(73)74)76-48(44(36)52-28(2)64)46(70)38(66)26-62;;/h11-18,21-24,35-38,43-48,61-62,65-66,69-70H,3-10,19-20,25-26H2,1-2H3,(H,51,63)(H,52,64)(H,53,67)(H,54,68)(H,71,72)(H,73,74);;/q;2*+1/p-2/t35-,36-,37+,38+,43+,44+,45+,46+,47+,48+;;/m0../s1. The Balaban J connectivity index is 0.00000656. The van der Waals surface area contributed by atoms with E-state index in [1.807, 2.05) is 0 Å². The summed E-state index contributed by atoms with van der Waals surface area (Å²) in [5.74, 6) is -6.44. The van der Waals surface area contributed by atoms with Crippen LogP contribution in [-0.4, -0.2) is 158 Å². The Morgan fingerprint density at radius 2 is 0.923 bits per heavy atom. The molecule has 6 rings (SSSR count). The summed E-state index contributed by atoms with van der Waals surface area (Å²) in [7, 11) is 0. The quantitative estimate of drug-likeness (QED) is 0.0196. The van der Waals surface area contributed by atoms with Crippen LogP contribution in [0.2, 0.25) is 0 Å². The van der Waals surface area contributed by atoms with Gasteiger partial charge >= 0.3 is 59.1 Å². The number of aliphatic hydroxyl groups excluding tert-OH is 6. The van der Waals surface area contributed by atoms with Crippen molar-refractivity contribution in [2.24, 2.45) is 0 Å². The number of carbonyl (C=O) groups excluding carboxylic acids is 6. The third kappa shape index (κ3) is 17.4. The first kappa shape index (κ1) is 64.9. The number of hydrogen-bond acceptors (Lipinski definition) is 20. The SMILES string of the molecule is CC(=O)N[C@H]1[C@H]([C@H](O)[C@H](O)CO)OC(C(=O)[O-])=C[C@@H]1n1cc(-c2ccccc2NC(=O)CCCCCCCCCCC(=O)Nc2ccccc2-c2cn([C@H]3C=C(C(=O)[O-])O[C@@H]([C@H](O)[C@H](O)CO)[C@@H]3NC(C)=O)nn2)nn1.[Na+].[Na+]. The van der Waals surface area contributed by atoms with Gasteiger partial charge in [0.15, 0.2) is 0 Å². The molecule has 0 saturated carbocycles. The summed E-state index contributed by atoms with van der Waals surface area (Å²) in [4.78, 5) is 74.4. The predicted octanol–water partition coefficient (Wildman–Crippen LogP) is -7.73. The maximum absolute atomic E-state index is 13.1. The van der Waals surface area contributed by atoms with Crippen LogP contribution in [0.15, 0.2) is 84.6 Å². The van der Waals surface area contributed by atoms with Crippen LogP contribution in [0, 0.1) is 0 Å². The predicted molar refractivity (Wildman–Crippen MR) is 262 cm³/mol. The molecule has 2 aromatic heterocycles. The molecule has 0 fully saturated rings. The summed E-state index contributed by atoms with van der Waals surface area (Å²) in [6.45, 7) is 0.627. The van der Waals surface area contributed by atoms with E-state index in [0.717, 1.165) is 50.7 Å². The van der Waals surface area contributed by atoms with Crippen LogP contribution in [0.4, 0.5) is 11.4 Å². The van der Waals surface area contributed by atoms with Crippen molar-refractivity contribution < 1.29 is 138 Å². The van der Waals surface area contributed by atoms with Gasteiger partial charge in [-0.3, -0.25) is 19.2 Å². The molecule has 2 aliphatic heterocycles. The van der Waals surface area contributed by atoms with Gasteiger partial charge in [-0.1, -0.05) is 85.3 Å². The van der Waals surface area contributed by atoms with Crippen molar-refractivity contribution in [3.63, 3.8) is 0 Å². The van der Waals surface area contributed by atoms with Crippen molar-refractivity contribution in [1.82, 2.24) is 40.6 Å². The molecule has 28 heteroatoms. The first-order valence-corrected chi connectivity index (χ1v) is 24.7. The van der Waals surface area contributed by atoms with Crippen LogP contribution >= 0.6 is 0 Å². The Kier molecular flexibility index (Phi) is 26.0. The normalized spacial score (nSPS) is 20.3. The van der Waals surface area contributed by atoms with Gasteiger partial charge in [0.25, 0.3) is 0 Å². The minimum absolute atomic E-state index is 0. The topological polar surface area (TPSA) is 398 Å². The van der Waals surface area contributed by atoms with E-state index in [1.165, 1.54) is 35.6 Å². The van der Waals surface area contributed by atoms with E-state index in [9.17, 15) is 69.6 Å². The van der Waals surface area contributed by atoms with Crippen molar-refractivity contribution in [3.05, 3.63) is 84.6 Å². The van der Waals surface area contributed by atoms with Gasteiger partial charge < -0.3 is 81.2 Å². The van der Waals surface area contributed by atoms with Crippen LogP contribution in [0.1, 0.15) is 90.1 Å². The molecule has 10 N–H and O–H groups in total. The molecule has 2 aliphatic rings. The molecule has 0 spiro atoms. The number of carbonyl (C=O) groups is 6. The van der Waals surface area contributed by atoms with E-state index in [4.69, 9.17) is 9.47 Å². The minimum atomic E-state index is -1.83. The number of carboxylic acid groups (broad SMARTS) is 2. The number of aliphatic hydroxyl groups is 6. The fourth-order valence-electron chi connectivity index (χ4n) is 8.94. The van der Waals surface area contributed by atoms with Crippen LogP contribution in [-0.2, 0) is 38.2 Å². The molecule has 0 aliphatic carbocycles. The maximum atomic E-state index is 13.1. The average Bonchev–Trinajstić information content (AvgIpc) is 4.10. The molecule has 4 amide bonds. The number of rotatable bonds is 27. The van der Waals surface area contributed by atoms with Crippen molar-refractivity contribution >= 4 is 46.9 Å². The number of benzene rings is 2. The van der Waals surface area contributed by atoms with E-state index in [-0.39, 0.29) is 95.2 Å². The molecular weight excluding hydrogens is 1040 g/mol. The van der Waals surface area contributed by atoms with Crippen LogP contribution in [0.5, 0.6) is 0 Å². The molecule has 0 saturated heterocycles. The average molecular weight is 1110 g/mol. The number of nitrogens with zero attached hydrogens (tertiary/aromatic N) is 6. The fraction of sp³-hybridized carbons (Fsp3) is 0.480. The summed E-state index contributed by atoms with van der Waals surface area (Å²) in [6.07, 6.45) is 2.00. The number of anilines is 2. The first-order chi connectivity index (χ1) is 36.4. The number of ether oxygens (including phenoxy) is 2. The third-order valence-electron chi connectivity index (χ3n) is 12.7. The number of para-hydroxylation sites is 2. The van der Waals surface area contributed by atoms with E-state index >= 15 is 0 Å². The Morgan fingerprint density at radius 1 is 0.577 bits per heavy atom. The van der Waals surface area contributed by atoms with Crippen molar-refractivity contribution in [2.45, 2.75) is 139 Å². The van der Waals surface area contributed by atoms with E-state index in [1.54, 1.807) is 48.5 Å². The number of aromatic nitrogens is 6. The van der Waals surface area contributed by atoms with Gasteiger partial charge in [0.05, 0.1) is 61.1 Å². The van der Waals surface area contributed by atoms with Crippen LogP contribution in [0.25, 0.3) is 22.5 Å². The van der Waals surface area contributed by atoms with Gasteiger partial charge in [-0.15, -0.1) is 10.2 Å². The molecule has 26 nitrogen and oxygen atoms in total. The van der Waals surface area contributed by atoms with Gasteiger partial charge in [0, 0.05) is 37.8 Å². The fourth-order valence-corrected chi connectivity index (χ4v) is 8.94. The van der Waals surface area contributed by atoms with E-state index in [0.29, 0.717) is 35.3 Å². The van der Waals surface area contributed by atoms with E-state index < -0.39 is 109 Å². The minimum Gasteiger partial charge on any atom is -0.542 e. The molecule has 0 radical (unpaired) electrons. The molecule has 0 bridgehead atoms. The molecule has 4 heterocycles. The third-order valence-corrected chi connectivity index (χ3v) is 12.7. The molecule has 2 aromatic carbocycles. The second-order valence-electron chi connectivity index (χ2n) is 18.4. The second kappa shape index (κ2) is 31.2. The largest absolute Gasteiger partial charge is 1.00 e. The summed E-state index contributed by atoms with van der Waals surface area (Å²) in [5, 5.41) is 112. The smallest absolute Gasteiger partial charge is 0.542 e. The first-order valence-electron chi connectivity index (χ1n) is 24.7. The Morgan fingerprint density at radius 3 is 1.26 bits per heavy atom. The zero-order chi connectivity index (χ0) is 55.1. The zero-order valence-corrected chi connectivity index (χ0v) is 47.6. The molecule has 10 atom stereocenters. The van der Waals surface area contributed by atoms with Gasteiger partial charge in [0.2, 0.25) is 23.6 Å². The summed E-state index contributed by atoms with van der Waals surface area (Å²) in [6, 6.07) is 9.10. The van der Waals surface area contributed by atoms with Gasteiger partial charge in [0.1, 0.15) is 71.5 Å². The second-order valence-corrected chi connectivity index (χ2v) is 18.4. The van der Waals surface area contributed by atoms with E-state index in [2.05, 4.69) is 41.9 Å². The Hall–Kier alpha value is -5.62. The van der Waals surface area contributed by atoms with Crippen LogP contribution < -0.4 is 90.6 Å². The summed E-state index contributed by atoms with van der Waals surface area (Å²) < 4.78 is 13.3. The number of aliphatic carboxylic acids is 2. The monoisotopic (exact) mass is 1100 g/mol. The molecule has 0 unspecified atom stereocenters. The molecular formula is C50H62N10Na2O16. The Labute approximate surface area is 492 Å². The zero-order valence-electron chi connectivity index (χ0n) is 43.6. The van der Waals surface area contributed by atoms with Gasteiger partial charge in [-0.25, -0.2) is 9.36 Å². The molecule has 410 valence electrons. The van der Waals surface area contributed by atoms with Gasteiger partial charge in [-0.2, -0.15) is 0 Å². The van der Waals surface area contributed by atoms with Gasteiger partial charge in [-0.05, 0) is 37.1 Å². The van der Waals surface area contributed by atoms with Crippen molar-refractivity contribution in [2.75, 3.05) is 23.8 Å². The number of hydrogen-bond donors (Lipinski definition) is 10. The van der Waals surface area contributed by atoms with Crippen LogP contribution in [0.3, 0.4) is 0 Å². The maximum Gasteiger partial charge on any atom is 1.00 e. The van der Waals surface area contributed by atoms with Crippen molar-refractivity contribution in [3.8, 4) is 22.5 Å². The summed E-state index contributed by atoms with van der Waals surface area (Å²) >= 11 is 0. The summed E-state index contributed by atoms with van der Waals surface area (Å²) in [5.41, 5.74) is 2.42. The molecule has 4 aromatic rings. The number of amides is 4. The Bertz CT molecular complexity index is 2560. The number of nitrogens with one attached hydrogen (secondary N) is 4. The number of unbranched alkanes of at least 4 members (excludes halogenated alkanes) is 7.